The van der Waals surface area contributed by atoms with E-state index < -0.39 is 0 Å². The van der Waals surface area contributed by atoms with Crippen LogP contribution < -0.4 is 0 Å². The van der Waals surface area contributed by atoms with Crippen LogP contribution in [0.3, 0.4) is 0 Å². The second-order valence-electron chi connectivity index (χ2n) is 6.95. The first-order chi connectivity index (χ1) is 11.1. The van der Waals surface area contributed by atoms with Crippen LogP contribution in [0.25, 0.3) is 0 Å². The highest BCUT2D eigenvalue weighted by Crippen LogP contribution is 2.32. The second kappa shape index (κ2) is 8.15. The van der Waals surface area contributed by atoms with Crippen LogP contribution in [0, 0.1) is 0 Å². The first-order valence-corrected chi connectivity index (χ1v) is 8.87. The standard InChI is InChI=1S/C23H30/c1-5-7-9-19-11-15-21(16-12-19)23(3,4)22-17-13-20(14-18-22)10-8-6-2/h5,11-18H,1,6-10H2,2-4H3. The predicted octanol–water partition coefficient (Wildman–Crippen LogP) is 6.47. The van der Waals surface area contributed by atoms with Crippen LogP contribution in [0.1, 0.15) is 62.3 Å². The van der Waals surface area contributed by atoms with Crippen molar-refractivity contribution in [2.24, 2.45) is 0 Å². The lowest BCUT2D eigenvalue weighted by atomic mass is 9.77. The molecule has 2 rings (SSSR count). The molecular formula is C23H30. The van der Waals surface area contributed by atoms with Gasteiger partial charge in [0.25, 0.3) is 0 Å². The number of aryl methyl sites for hydroxylation is 2. The Kier molecular flexibility index (Phi) is 6.21. The maximum atomic E-state index is 3.80. The average molecular weight is 306 g/mol. The van der Waals surface area contributed by atoms with Crippen molar-refractivity contribution in [3.05, 3.63) is 83.4 Å². The summed E-state index contributed by atoms with van der Waals surface area (Å²) in [6.45, 7) is 10.7. The number of allylic oxidation sites excluding steroid dienone is 1. The lowest BCUT2D eigenvalue weighted by Crippen LogP contribution is -2.18. The van der Waals surface area contributed by atoms with Crippen molar-refractivity contribution in [1.82, 2.24) is 0 Å². The lowest BCUT2D eigenvalue weighted by Gasteiger charge is -2.26. The molecule has 0 heterocycles. The molecule has 0 saturated carbocycles. The van der Waals surface area contributed by atoms with Gasteiger partial charge < -0.3 is 0 Å². The summed E-state index contributed by atoms with van der Waals surface area (Å²) in [5.74, 6) is 0. The van der Waals surface area contributed by atoms with E-state index in [9.17, 15) is 0 Å². The zero-order chi connectivity index (χ0) is 16.7. The maximum absolute atomic E-state index is 3.80. The van der Waals surface area contributed by atoms with E-state index in [2.05, 4.69) is 75.9 Å². The third-order valence-electron chi connectivity index (χ3n) is 4.81. The van der Waals surface area contributed by atoms with E-state index in [1.54, 1.807) is 0 Å². The molecule has 2 aromatic rings. The van der Waals surface area contributed by atoms with Gasteiger partial charge in [-0.25, -0.2) is 0 Å². The van der Waals surface area contributed by atoms with Crippen molar-refractivity contribution in [3.63, 3.8) is 0 Å². The quantitative estimate of drug-likeness (QED) is 0.490. The Balaban J connectivity index is 2.14. The third-order valence-corrected chi connectivity index (χ3v) is 4.81. The summed E-state index contributed by atoms with van der Waals surface area (Å²) in [5.41, 5.74) is 5.64. The molecule has 0 nitrogen and oxygen atoms in total. The molecule has 0 saturated heterocycles. The van der Waals surface area contributed by atoms with Gasteiger partial charge >= 0.3 is 0 Å². The Morgan fingerprint density at radius 3 is 1.74 bits per heavy atom. The Labute approximate surface area is 142 Å². The van der Waals surface area contributed by atoms with E-state index in [4.69, 9.17) is 0 Å². The van der Waals surface area contributed by atoms with E-state index in [0.29, 0.717) is 0 Å². The molecule has 2 aromatic carbocycles. The normalized spacial score (nSPS) is 11.4. The minimum Gasteiger partial charge on any atom is -0.103 e. The largest absolute Gasteiger partial charge is 0.103 e. The molecule has 0 unspecified atom stereocenters. The molecule has 0 N–H and O–H groups in total. The van der Waals surface area contributed by atoms with Gasteiger partial charge in [-0.3, -0.25) is 0 Å². The van der Waals surface area contributed by atoms with Crippen molar-refractivity contribution in [2.75, 3.05) is 0 Å². The second-order valence-corrected chi connectivity index (χ2v) is 6.95. The highest BCUT2D eigenvalue weighted by molar-refractivity contribution is 5.39. The molecule has 0 heteroatoms. The monoisotopic (exact) mass is 306 g/mol. The van der Waals surface area contributed by atoms with Crippen LogP contribution in [0.4, 0.5) is 0 Å². The summed E-state index contributed by atoms with van der Waals surface area (Å²) in [7, 11) is 0. The number of rotatable bonds is 8. The summed E-state index contributed by atoms with van der Waals surface area (Å²) in [6, 6.07) is 18.3. The molecule has 0 amide bonds. The van der Waals surface area contributed by atoms with Gasteiger partial charge in [0.1, 0.15) is 0 Å². The topological polar surface area (TPSA) is 0 Å². The van der Waals surface area contributed by atoms with Crippen molar-refractivity contribution in [2.45, 2.75) is 58.3 Å². The van der Waals surface area contributed by atoms with Gasteiger partial charge in [-0.1, -0.05) is 81.8 Å². The summed E-state index contributed by atoms with van der Waals surface area (Å²) >= 11 is 0. The highest BCUT2D eigenvalue weighted by atomic mass is 14.3. The zero-order valence-electron chi connectivity index (χ0n) is 14.9. The Hall–Kier alpha value is -1.82. The maximum Gasteiger partial charge on any atom is 0.0146 e. The molecule has 0 aliphatic carbocycles. The Morgan fingerprint density at radius 1 is 0.826 bits per heavy atom. The SMILES string of the molecule is C=CCCc1ccc(C(C)(C)c2ccc(CCCC)cc2)cc1. The van der Waals surface area contributed by atoms with Crippen molar-refractivity contribution >= 4 is 0 Å². The number of hydrogen-bond acceptors (Lipinski definition) is 0. The molecule has 0 bridgehead atoms. The van der Waals surface area contributed by atoms with Crippen LogP contribution in [-0.4, -0.2) is 0 Å². The third kappa shape index (κ3) is 4.58. The molecule has 0 spiro atoms. The van der Waals surface area contributed by atoms with Crippen molar-refractivity contribution in [3.8, 4) is 0 Å². The molecule has 23 heavy (non-hydrogen) atoms. The number of benzene rings is 2. The van der Waals surface area contributed by atoms with Gasteiger partial charge in [0, 0.05) is 5.41 Å². The summed E-state index contributed by atoms with van der Waals surface area (Å²) in [5, 5.41) is 0. The molecule has 0 atom stereocenters. The van der Waals surface area contributed by atoms with E-state index in [1.807, 2.05) is 6.08 Å². The van der Waals surface area contributed by atoms with Gasteiger partial charge in [0.15, 0.2) is 0 Å². The fourth-order valence-electron chi connectivity index (χ4n) is 2.99. The molecule has 122 valence electrons. The molecule has 0 aromatic heterocycles. The van der Waals surface area contributed by atoms with Gasteiger partial charge in [0.05, 0.1) is 0 Å². The van der Waals surface area contributed by atoms with Crippen molar-refractivity contribution < 1.29 is 0 Å². The van der Waals surface area contributed by atoms with Crippen LogP contribution in [0.2, 0.25) is 0 Å². The number of hydrogen-bond donors (Lipinski definition) is 0. The van der Waals surface area contributed by atoms with E-state index in [0.717, 1.165) is 12.8 Å². The Morgan fingerprint density at radius 2 is 1.30 bits per heavy atom. The van der Waals surface area contributed by atoms with E-state index in [1.165, 1.54) is 41.5 Å². The van der Waals surface area contributed by atoms with Crippen molar-refractivity contribution in [1.29, 1.82) is 0 Å². The minimum absolute atomic E-state index is 0.0419. The molecule has 0 aliphatic heterocycles. The smallest absolute Gasteiger partial charge is 0.0146 e. The van der Waals surface area contributed by atoms with Gasteiger partial charge in [0.2, 0.25) is 0 Å². The minimum atomic E-state index is 0.0419. The first kappa shape index (κ1) is 17.5. The first-order valence-electron chi connectivity index (χ1n) is 8.87. The van der Waals surface area contributed by atoms with Gasteiger partial charge in [-0.05, 0) is 47.9 Å². The molecule has 0 aliphatic rings. The van der Waals surface area contributed by atoms with Crippen LogP contribution >= 0.6 is 0 Å². The molecular weight excluding hydrogens is 276 g/mol. The summed E-state index contributed by atoms with van der Waals surface area (Å²) < 4.78 is 0. The summed E-state index contributed by atoms with van der Waals surface area (Å²) in [6.07, 6.45) is 7.83. The van der Waals surface area contributed by atoms with Gasteiger partial charge in [-0.2, -0.15) is 0 Å². The zero-order valence-corrected chi connectivity index (χ0v) is 14.9. The lowest BCUT2D eigenvalue weighted by molar-refractivity contribution is 0.639. The highest BCUT2D eigenvalue weighted by Gasteiger charge is 2.22. The van der Waals surface area contributed by atoms with E-state index in [-0.39, 0.29) is 5.41 Å². The van der Waals surface area contributed by atoms with Crippen LogP contribution in [-0.2, 0) is 18.3 Å². The number of unbranched alkanes of at least 4 members (excludes halogenated alkanes) is 1. The predicted molar refractivity (Wildman–Crippen MR) is 102 cm³/mol. The van der Waals surface area contributed by atoms with Crippen LogP contribution in [0.15, 0.2) is 61.2 Å². The average Bonchev–Trinajstić information content (AvgIpc) is 2.59. The van der Waals surface area contributed by atoms with E-state index >= 15 is 0 Å². The van der Waals surface area contributed by atoms with Crippen LogP contribution in [0.5, 0.6) is 0 Å². The van der Waals surface area contributed by atoms with Gasteiger partial charge in [-0.15, -0.1) is 6.58 Å². The fourth-order valence-corrected chi connectivity index (χ4v) is 2.99. The summed E-state index contributed by atoms with van der Waals surface area (Å²) in [4.78, 5) is 0. The molecule has 0 fully saturated rings. The molecule has 0 radical (unpaired) electrons. The Bertz CT molecular complexity index is 599. The fraction of sp³-hybridized carbons (Fsp3) is 0.391.